The summed E-state index contributed by atoms with van der Waals surface area (Å²) in [5, 5.41) is 8.87. The first kappa shape index (κ1) is 42.0. The molecule has 2 aromatic heterocycles. The van der Waals surface area contributed by atoms with Gasteiger partial charge in [-0.15, -0.1) is 0 Å². The minimum absolute atomic E-state index is 0.856. The third kappa shape index (κ3) is 6.06. The molecule has 2 aliphatic rings. The molecular formula is C66H48Ge2N2O2. The van der Waals surface area contributed by atoms with Crippen LogP contribution in [0.15, 0.2) is 227 Å². The fourth-order valence-corrected chi connectivity index (χ4v) is 27.1. The number of furan rings is 2. The van der Waals surface area contributed by atoms with E-state index in [1.165, 1.54) is 53.2 Å². The maximum atomic E-state index is 6.81. The van der Waals surface area contributed by atoms with Gasteiger partial charge in [0.05, 0.1) is 0 Å². The van der Waals surface area contributed by atoms with Crippen LogP contribution in [-0.2, 0) is 0 Å². The maximum absolute atomic E-state index is 6.81. The van der Waals surface area contributed by atoms with Crippen LogP contribution in [0.25, 0.3) is 87.7 Å². The van der Waals surface area contributed by atoms with Crippen molar-refractivity contribution in [1.82, 2.24) is 0 Å². The molecule has 0 saturated heterocycles. The van der Waals surface area contributed by atoms with Crippen molar-refractivity contribution in [3.05, 3.63) is 218 Å². The van der Waals surface area contributed by atoms with E-state index < -0.39 is 26.5 Å². The Balaban J connectivity index is 0.828. The van der Waals surface area contributed by atoms with E-state index in [2.05, 4.69) is 251 Å². The molecule has 4 heterocycles. The fraction of sp³-hybridized carbons (Fsp3) is 0.0606. The van der Waals surface area contributed by atoms with Gasteiger partial charge in [0.2, 0.25) is 0 Å². The Hall–Kier alpha value is -7.77. The first-order chi connectivity index (χ1) is 35.2. The van der Waals surface area contributed by atoms with Crippen molar-refractivity contribution in [1.29, 1.82) is 0 Å². The van der Waals surface area contributed by atoms with E-state index in [0.29, 0.717) is 0 Å². The SMILES string of the molecule is [CH3][Ge]1([CH3])[c]2ccccc2-c2cccc(N(c3ccccc3)c3ccc4cc5c(cc4c3)oc3cc4c(cc35)oc3cc5cc(N(c6ccccc6)c6cccc7[c]6[Ge]([CH3])([CH3])[c]6ccccc6-7)ccc5cc34)[c]21. The molecule has 0 N–H and O–H groups in total. The van der Waals surface area contributed by atoms with Crippen molar-refractivity contribution in [2.24, 2.45) is 0 Å². The molecule has 4 nitrogen and oxygen atoms in total. The number of fused-ring (bicyclic) bond motifs is 14. The standard InChI is InChI=1S/C66H48Ge2N2O2/c1-67(2)57-25-13-11-21-49(57)51-23-15-27-59(65(51)67)69(45-17-7-5-8-18-45)47-31-29-41-35-53-55-39-64-56(40-63(55)71-61(53)37-43(41)33-47)54-36-42-30-32-48(34-44(42)38-62(54)72-64)70(46-19-9-6-10-20-46)60-28-16-24-52-50-22-12-14-26-58(50)68(3,4)66(52)60/h5-40H,1-4H3. The molecule has 0 amide bonds. The van der Waals surface area contributed by atoms with Gasteiger partial charge in [-0.1, -0.05) is 0 Å². The Morgan fingerprint density at radius 2 is 0.667 bits per heavy atom. The van der Waals surface area contributed by atoms with Crippen molar-refractivity contribution in [3.8, 4) is 22.3 Å². The molecule has 0 aliphatic carbocycles. The molecular weight excluding hydrogens is 998 g/mol. The van der Waals surface area contributed by atoms with E-state index in [-0.39, 0.29) is 0 Å². The van der Waals surface area contributed by atoms with Crippen LogP contribution in [0.3, 0.4) is 0 Å². The number of anilines is 6. The summed E-state index contributed by atoms with van der Waals surface area (Å²) < 4.78 is 19.8. The summed E-state index contributed by atoms with van der Waals surface area (Å²) in [5.41, 5.74) is 16.1. The van der Waals surface area contributed by atoms with Crippen molar-refractivity contribution >= 4 is 144 Å². The molecule has 13 aromatic rings. The number of rotatable bonds is 6. The van der Waals surface area contributed by atoms with Gasteiger partial charge in [-0.25, -0.2) is 0 Å². The van der Waals surface area contributed by atoms with Crippen LogP contribution in [0.4, 0.5) is 34.1 Å². The zero-order chi connectivity index (χ0) is 48.0. The van der Waals surface area contributed by atoms with Crippen LogP contribution in [0.5, 0.6) is 0 Å². The Bertz CT molecular complexity index is 4130. The summed E-state index contributed by atoms with van der Waals surface area (Å²) in [7, 11) is 0. The molecule has 0 fully saturated rings. The van der Waals surface area contributed by atoms with E-state index in [4.69, 9.17) is 8.83 Å². The molecule has 0 bridgehead atoms. The van der Waals surface area contributed by atoms with Gasteiger partial charge < -0.3 is 0 Å². The second-order valence-corrected chi connectivity index (χ2v) is 38.9. The topological polar surface area (TPSA) is 32.8 Å². The molecule has 0 unspecified atom stereocenters. The van der Waals surface area contributed by atoms with Crippen LogP contribution in [-0.4, -0.2) is 26.5 Å². The van der Waals surface area contributed by atoms with Crippen molar-refractivity contribution in [3.63, 3.8) is 0 Å². The molecule has 0 saturated carbocycles. The second-order valence-electron chi connectivity index (χ2n) is 20.9. The van der Waals surface area contributed by atoms with Gasteiger partial charge in [0.25, 0.3) is 0 Å². The first-order valence-electron chi connectivity index (χ1n) is 25.1. The molecule has 0 spiro atoms. The predicted molar refractivity (Wildman–Crippen MR) is 310 cm³/mol. The fourth-order valence-electron chi connectivity index (χ4n) is 12.8. The van der Waals surface area contributed by atoms with Gasteiger partial charge in [0.1, 0.15) is 0 Å². The number of para-hydroxylation sites is 2. The average Bonchev–Trinajstić information content (AvgIpc) is 4.08. The summed E-state index contributed by atoms with van der Waals surface area (Å²) in [6.07, 6.45) is 0. The van der Waals surface area contributed by atoms with Crippen molar-refractivity contribution in [2.75, 3.05) is 9.80 Å². The molecule has 15 rings (SSSR count). The number of hydrogen-bond donors (Lipinski definition) is 0. The summed E-state index contributed by atoms with van der Waals surface area (Å²) in [4.78, 5) is 4.94. The van der Waals surface area contributed by atoms with Crippen molar-refractivity contribution < 1.29 is 8.83 Å². The minimum atomic E-state index is -2.67. The van der Waals surface area contributed by atoms with E-state index >= 15 is 0 Å². The first-order valence-corrected chi connectivity index (χ1v) is 37.7. The summed E-state index contributed by atoms with van der Waals surface area (Å²) in [6, 6.07) is 80.8. The average molecular weight is 1050 g/mol. The Labute approximate surface area is 423 Å². The van der Waals surface area contributed by atoms with E-state index in [1.807, 2.05) is 0 Å². The van der Waals surface area contributed by atoms with Gasteiger partial charge >= 0.3 is 426 Å². The van der Waals surface area contributed by atoms with Crippen LogP contribution in [0, 0.1) is 0 Å². The van der Waals surface area contributed by atoms with Crippen LogP contribution >= 0.6 is 0 Å². The quantitative estimate of drug-likeness (QED) is 0.155. The zero-order valence-electron chi connectivity index (χ0n) is 40.5. The third-order valence-electron chi connectivity index (χ3n) is 16.1. The van der Waals surface area contributed by atoms with E-state index in [9.17, 15) is 0 Å². The Kier molecular flexibility index (Phi) is 8.95. The monoisotopic (exact) mass is 1050 g/mol. The summed E-state index contributed by atoms with van der Waals surface area (Å²) >= 11 is -5.33. The summed E-state index contributed by atoms with van der Waals surface area (Å²) in [5.74, 6) is 10.2. The van der Waals surface area contributed by atoms with Gasteiger partial charge in [0, 0.05) is 0 Å². The predicted octanol–water partition coefficient (Wildman–Crippen LogP) is 16.3. The number of nitrogens with zero attached hydrogens (tertiary/aromatic N) is 2. The van der Waals surface area contributed by atoms with E-state index in [0.717, 1.165) is 77.4 Å². The number of hydrogen-bond acceptors (Lipinski definition) is 4. The van der Waals surface area contributed by atoms with Gasteiger partial charge in [-0.2, -0.15) is 0 Å². The summed E-state index contributed by atoms with van der Waals surface area (Å²) in [6.45, 7) is 0. The van der Waals surface area contributed by atoms with Gasteiger partial charge in [0.15, 0.2) is 0 Å². The van der Waals surface area contributed by atoms with E-state index in [1.54, 1.807) is 8.79 Å². The van der Waals surface area contributed by atoms with Crippen LogP contribution in [0.1, 0.15) is 0 Å². The third-order valence-corrected chi connectivity index (χ3v) is 31.0. The Morgan fingerprint density at radius 1 is 0.292 bits per heavy atom. The zero-order valence-corrected chi connectivity index (χ0v) is 44.7. The Morgan fingerprint density at radius 3 is 1.11 bits per heavy atom. The molecule has 6 heteroatoms. The second kappa shape index (κ2) is 15.4. The molecule has 2 aliphatic heterocycles. The van der Waals surface area contributed by atoms with Crippen LogP contribution in [0.2, 0.25) is 23.0 Å². The molecule has 11 aromatic carbocycles. The van der Waals surface area contributed by atoms with Gasteiger partial charge in [-0.05, 0) is 0 Å². The molecule has 342 valence electrons. The molecule has 72 heavy (non-hydrogen) atoms. The van der Waals surface area contributed by atoms with Crippen LogP contribution < -0.4 is 27.4 Å². The van der Waals surface area contributed by atoms with Crippen molar-refractivity contribution in [2.45, 2.75) is 23.0 Å². The molecule has 0 radical (unpaired) electrons. The normalized spacial score (nSPS) is 14.1. The van der Waals surface area contributed by atoms with Gasteiger partial charge in [-0.3, -0.25) is 0 Å². The number of benzene rings is 11. The molecule has 0 atom stereocenters.